The molecule has 4 N–H and O–H groups in total. The van der Waals surface area contributed by atoms with E-state index < -0.39 is 5.92 Å². The lowest BCUT2D eigenvalue weighted by molar-refractivity contribution is -0.118. The molecule has 0 saturated heterocycles. The van der Waals surface area contributed by atoms with Crippen LogP contribution < -0.4 is 15.6 Å². The summed E-state index contributed by atoms with van der Waals surface area (Å²) in [7, 11) is 1.47. The Hall–Kier alpha value is -2.96. The van der Waals surface area contributed by atoms with Crippen LogP contribution in [0.25, 0.3) is 0 Å². The smallest absolute Gasteiger partial charge is 0.270 e. The lowest BCUT2D eigenvalue weighted by atomic mass is 9.69. The molecular weight excluding hydrogens is 334 g/mol. The number of carbonyl (C=O) groups excluding carboxylic acids is 1. The molecule has 1 aliphatic carbocycles. The number of para-hydroxylation sites is 1. The number of ether oxygens (including phenoxy) is 1. The summed E-state index contributed by atoms with van der Waals surface area (Å²) >= 11 is 0. The van der Waals surface area contributed by atoms with E-state index in [1.165, 1.54) is 7.11 Å². The summed E-state index contributed by atoms with van der Waals surface area (Å²) < 4.78 is 5.21. The van der Waals surface area contributed by atoms with Gasteiger partial charge in [-0.3, -0.25) is 19.8 Å². The van der Waals surface area contributed by atoms with E-state index in [2.05, 4.69) is 15.5 Å². The Kier molecular flexibility index (Phi) is 3.50. The highest BCUT2D eigenvalue weighted by molar-refractivity contribution is 6.01. The van der Waals surface area contributed by atoms with Crippen molar-refractivity contribution >= 4 is 11.6 Å². The molecule has 4 rings (SSSR count). The van der Waals surface area contributed by atoms with Gasteiger partial charge in [-0.15, -0.1) is 0 Å². The van der Waals surface area contributed by atoms with Crippen molar-refractivity contribution in [3.05, 3.63) is 50.9 Å². The van der Waals surface area contributed by atoms with Crippen molar-refractivity contribution in [3.8, 4) is 11.5 Å². The van der Waals surface area contributed by atoms with Crippen LogP contribution in [0.15, 0.2) is 34.3 Å². The summed E-state index contributed by atoms with van der Waals surface area (Å²) in [6.45, 7) is 4.09. The zero-order valence-electron chi connectivity index (χ0n) is 14.9. The second-order valence-corrected chi connectivity index (χ2v) is 7.66. The van der Waals surface area contributed by atoms with E-state index in [0.29, 0.717) is 41.1 Å². The number of H-pyrrole nitrogens is 2. The molecule has 0 radical (unpaired) electrons. The summed E-state index contributed by atoms with van der Waals surface area (Å²) in [4.78, 5) is 25.5. The number of rotatable bonds is 2. The average Bonchev–Trinajstić information content (AvgIpc) is 2.93. The lowest BCUT2D eigenvalue weighted by Crippen LogP contribution is -2.35. The summed E-state index contributed by atoms with van der Waals surface area (Å²) in [6, 6.07) is 5.11. The molecule has 0 bridgehead atoms. The van der Waals surface area contributed by atoms with Gasteiger partial charge in [0.1, 0.15) is 5.82 Å². The van der Waals surface area contributed by atoms with Gasteiger partial charge >= 0.3 is 0 Å². The lowest BCUT2D eigenvalue weighted by Gasteiger charge is -2.38. The van der Waals surface area contributed by atoms with Gasteiger partial charge < -0.3 is 15.2 Å². The Morgan fingerprint density at radius 2 is 1.96 bits per heavy atom. The highest BCUT2D eigenvalue weighted by Crippen LogP contribution is 2.50. The number of Topliss-reactive ketones (excluding diaryl/α,β-unsaturated/α-hetero) is 1. The minimum Gasteiger partial charge on any atom is -0.504 e. The van der Waals surface area contributed by atoms with Crippen LogP contribution in [0.4, 0.5) is 5.82 Å². The maximum absolute atomic E-state index is 13.0. The van der Waals surface area contributed by atoms with Gasteiger partial charge in [-0.2, -0.15) is 0 Å². The Bertz CT molecular complexity index is 996. The Morgan fingerprint density at radius 3 is 2.69 bits per heavy atom. The number of phenolic OH excluding ortho intramolecular Hbond substituents is 1. The molecular formula is C19H21N3O4. The Labute approximate surface area is 150 Å². The third kappa shape index (κ3) is 2.34. The SMILES string of the molecule is COc1cccc([C@H]2C3=C(CC(C)(C)CC3=O)Nc3[nH][nH]c(=O)c32)c1O. The number of aromatic amines is 2. The molecule has 136 valence electrons. The van der Waals surface area contributed by atoms with Gasteiger partial charge in [-0.05, 0) is 17.9 Å². The highest BCUT2D eigenvalue weighted by atomic mass is 16.5. The molecule has 0 unspecified atom stereocenters. The van der Waals surface area contributed by atoms with E-state index in [0.717, 1.165) is 5.70 Å². The average molecular weight is 355 g/mol. The van der Waals surface area contributed by atoms with Crippen molar-refractivity contribution in [1.29, 1.82) is 0 Å². The molecule has 1 atom stereocenters. The van der Waals surface area contributed by atoms with Crippen LogP contribution in [-0.2, 0) is 4.79 Å². The second kappa shape index (κ2) is 5.52. The van der Waals surface area contributed by atoms with Crippen LogP contribution in [0.2, 0.25) is 0 Å². The van der Waals surface area contributed by atoms with E-state index in [9.17, 15) is 14.7 Å². The number of allylic oxidation sites excluding steroid dienone is 2. The predicted molar refractivity (Wildman–Crippen MR) is 96.6 cm³/mol. The third-order valence-electron chi connectivity index (χ3n) is 5.15. The quantitative estimate of drug-likeness (QED) is 0.662. The standard InChI is InChI=1S/C19H21N3O4/c1-19(2)7-10-14(11(23)8-19)13(15-17(20-10)21-22-18(15)25)9-5-4-6-12(26-3)16(9)24/h4-6,13,24H,7-8H2,1-3H3,(H3,20,21,22,25)/t13-/m0/s1. The summed E-state index contributed by atoms with van der Waals surface area (Å²) in [5.41, 5.74) is 1.74. The van der Waals surface area contributed by atoms with E-state index in [4.69, 9.17) is 4.74 Å². The van der Waals surface area contributed by atoms with Gasteiger partial charge in [-0.25, -0.2) is 0 Å². The van der Waals surface area contributed by atoms with Crippen LogP contribution in [-0.4, -0.2) is 28.2 Å². The summed E-state index contributed by atoms with van der Waals surface area (Å²) in [5.74, 6) is 0.127. The molecule has 1 aliphatic heterocycles. The summed E-state index contributed by atoms with van der Waals surface area (Å²) in [6.07, 6.45) is 1.08. The molecule has 7 nitrogen and oxygen atoms in total. The number of phenols is 1. The number of hydrogen-bond donors (Lipinski definition) is 4. The normalized spacial score (nSPS) is 21.0. The van der Waals surface area contributed by atoms with Crippen LogP contribution >= 0.6 is 0 Å². The second-order valence-electron chi connectivity index (χ2n) is 7.66. The van der Waals surface area contributed by atoms with Crippen LogP contribution in [0.5, 0.6) is 11.5 Å². The third-order valence-corrected chi connectivity index (χ3v) is 5.15. The Balaban J connectivity index is 1.99. The first kappa shape index (κ1) is 16.5. The van der Waals surface area contributed by atoms with Crippen molar-refractivity contribution in [2.75, 3.05) is 12.4 Å². The van der Waals surface area contributed by atoms with Gasteiger partial charge in [-0.1, -0.05) is 26.0 Å². The van der Waals surface area contributed by atoms with E-state index in [1.807, 2.05) is 13.8 Å². The fraction of sp³-hybridized carbons (Fsp3) is 0.368. The summed E-state index contributed by atoms with van der Waals surface area (Å²) in [5, 5.41) is 19.3. The monoisotopic (exact) mass is 355 g/mol. The number of methoxy groups -OCH3 is 1. The maximum atomic E-state index is 13.0. The zero-order chi connectivity index (χ0) is 18.6. The molecule has 2 aromatic rings. The number of benzene rings is 1. The van der Waals surface area contributed by atoms with Crippen molar-refractivity contribution in [2.45, 2.75) is 32.6 Å². The first-order chi connectivity index (χ1) is 12.3. The molecule has 0 amide bonds. The van der Waals surface area contributed by atoms with E-state index >= 15 is 0 Å². The molecule has 0 saturated carbocycles. The van der Waals surface area contributed by atoms with Crippen LogP contribution in [0, 0.1) is 5.41 Å². The van der Waals surface area contributed by atoms with Crippen molar-refractivity contribution in [1.82, 2.24) is 10.2 Å². The van der Waals surface area contributed by atoms with Gasteiger partial charge in [0.05, 0.1) is 18.6 Å². The number of hydrogen-bond acceptors (Lipinski definition) is 5. The highest BCUT2D eigenvalue weighted by Gasteiger charge is 2.43. The Morgan fingerprint density at radius 1 is 1.19 bits per heavy atom. The first-order valence-electron chi connectivity index (χ1n) is 8.52. The van der Waals surface area contributed by atoms with Gasteiger partial charge in [0.15, 0.2) is 17.3 Å². The fourth-order valence-corrected chi connectivity index (χ4v) is 4.07. The maximum Gasteiger partial charge on any atom is 0.270 e. The number of anilines is 1. The largest absolute Gasteiger partial charge is 0.504 e. The minimum atomic E-state index is -0.644. The number of ketones is 1. The number of fused-ring (bicyclic) bond motifs is 1. The molecule has 1 aromatic carbocycles. The van der Waals surface area contributed by atoms with E-state index in [-0.39, 0.29) is 22.5 Å². The van der Waals surface area contributed by atoms with Crippen molar-refractivity contribution in [3.63, 3.8) is 0 Å². The van der Waals surface area contributed by atoms with Crippen molar-refractivity contribution < 1.29 is 14.6 Å². The molecule has 0 spiro atoms. The van der Waals surface area contributed by atoms with Crippen LogP contribution in [0.1, 0.15) is 43.7 Å². The molecule has 2 heterocycles. The molecule has 26 heavy (non-hydrogen) atoms. The molecule has 0 fully saturated rings. The first-order valence-corrected chi connectivity index (χ1v) is 8.52. The van der Waals surface area contributed by atoms with Gasteiger partial charge in [0, 0.05) is 23.3 Å². The number of carbonyl (C=O) groups is 1. The van der Waals surface area contributed by atoms with Crippen molar-refractivity contribution in [2.24, 2.45) is 5.41 Å². The fourth-order valence-electron chi connectivity index (χ4n) is 4.07. The van der Waals surface area contributed by atoms with Gasteiger partial charge in [0.2, 0.25) is 0 Å². The number of aromatic nitrogens is 2. The number of nitrogens with one attached hydrogen (secondary N) is 3. The zero-order valence-corrected chi connectivity index (χ0v) is 14.9. The molecule has 7 heteroatoms. The van der Waals surface area contributed by atoms with Crippen LogP contribution in [0.3, 0.4) is 0 Å². The molecule has 2 aliphatic rings. The van der Waals surface area contributed by atoms with E-state index in [1.54, 1.807) is 18.2 Å². The number of aromatic hydroxyl groups is 1. The minimum absolute atomic E-state index is 0.0118. The molecule has 1 aromatic heterocycles. The topological polar surface area (TPSA) is 107 Å². The predicted octanol–water partition coefficient (Wildman–Crippen LogP) is 2.62. The van der Waals surface area contributed by atoms with Gasteiger partial charge in [0.25, 0.3) is 5.56 Å².